The minimum absolute atomic E-state index is 0.250. The molecule has 0 aliphatic rings. The van der Waals surface area contributed by atoms with Gasteiger partial charge in [0.05, 0.1) is 5.56 Å². The number of aromatic nitrogens is 1. The quantitative estimate of drug-likeness (QED) is 0.743. The summed E-state index contributed by atoms with van der Waals surface area (Å²) < 4.78 is 0.999. The standard InChI is InChI=1S/C10H4BrClN2S/c11-6-3-9(15-5-6)7-1-2-14-10(12)8(7)4-13/h1-3,5H. The summed E-state index contributed by atoms with van der Waals surface area (Å²) in [6, 6.07) is 5.82. The first kappa shape index (κ1) is 10.6. The van der Waals surface area contributed by atoms with Crippen molar-refractivity contribution in [3.8, 4) is 16.5 Å². The summed E-state index contributed by atoms with van der Waals surface area (Å²) in [6.07, 6.45) is 1.60. The first-order valence-corrected chi connectivity index (χ1v) is 6.06. The van der Waals surface area contributed by atoms with Gasteiger partial charge in [0.25, 0.3) is 0 Å². The molecule has 74 valence electrons. The zero-order chi connectivity index (χ0) is 10.8. The van der Waals surface area contributed by atoms with Crippen LogP contribution in [0.1, 0.15) is 5.56 Å². The number of nitriles is 1. The van der Waals surface area contributed by atoms with Gasteiger partial charge in [0.2, 0.25) is 0 Å². The van der Waals surface area contributed by atoms with E-state index in [-0.39, 0.29) is 5.15 Å². The fourth-order valence-electron chi connectivity index (χ4n) is 1.20. The molecule has 0 bridgehead atoms. The van der Waals surface area contributed by atoms with Crippen LogP contribution in [0.15, 0.2) is 28.2 Å². The molecule has 0 aliphatic carbocycles. The Kier molecular flexibility index (Phi) is 3.06. The highest BCUT2D eigenvalue weighted by molar-refractivity contribution is 9.10. The van der Waals surface area contributed by atoms with Crippen molar-refractivity contribution in [1.29, 1.82) is 5.26 Å². The van der Waals surface area contributed by atoms with Crippen molar-refractivity contribution in [3.05, 3.63) is 38.9 Å². The predicted octanol–water partition coefficient (Wildman–Crippen LogP) is 4.10. The lowest BCUT2D eigenvalue weighted by Gasteiger charge is -2.00. The van der Waals surface area contributed by atoms with E-state index in [4.69, 9.17) is 16.9 Å². The molecule has 2 rings (SSSR count). The van der Waals surface area contributed by atoms with Crippen molar-refractivity contribution in [2.45, 2.75) is 0 Å². The lowest BCUT2D eigenvalue weighted by Crippen LogP contribution is -1.86. The van der Waals surface area contributed by atoms with Crippen LogP contribution in [-0.4, -0.2) is 4.98 Å². The highest BCUT2D eigenvalue weighted by Crippen LogP contribution is 2.33. The largest absolute Gasteiger partial charge is 0.243 e. The van der Waals surface area contributed by atoms with Gasteiger partial charge in [-0.3, -0.25) is 0 Å². The van der Waals surface area contributed by atoms with E-state index < -0.39 is 0 Å². The number of pyridine rings is 1. The number of nitrogens with zero attached hydrogens (tertiary/aromatic N) is 2. The van der Waals surface area contributed by atoms with Gasteiger partial charge in [0, 0.05) is 26.5 Å². The third-order valence-electron chi connectivity index (χ3n) is 1.85. The van der Waals surface area contributed by atoms with Gasteiger partial charge in [-0.2, -0.15) is 5.26 Å². The van der Waals surface area contributed by atoms with Gasteiger partial charge in [-0.05, 0) is 28.1 Å². The normalized spacial score (nSPS) is 9.93. The van der Waals surface area contributed by atoms with E-state index in [1.54, 1.807) is 23.6 Å². The third kappa shape index (κ3) is 2.05. The van der Waals surface area contributed by atoms with Crippen LogP contribution in [-0.2, 0) is 0 Å². The average Bonchev–Trinajstić information content (AvgIpc) is 2.64. The molecule has 0 amide bonds. The Labute approximate surface area is 104 Å². The van der Waals surface area contributed by atoms with Crippen LogP contribution in [0.25, 0.3) is 10.4 Å². The molecule has 2 heterocycles. The molecule has 2 aromatic heterocycles. The topological polar surface area (TPSA) is 36.7 Å². The summed E-state index contributed by atoms with van der Waals surface area (Å²) in [5.41, 5.74) is 1.25. The minimum Gasteiger partial charge on any atom is -0.243 e. The van der Waals surface area contributed by atoms with E-state index in [2.05, 4.69) is 27.0 Å². The van der Waals surface area contributed by atoms with E-state index in [1.165, 1.54) is 0 Å². The Balaban J connectivity index is 2.63. The van der Waals surface area contributed by atoms with Crippen molar-refractivity contribution in [1.82, 2.24) is 4.98 Å². The van der Waals surface area contributed by atoms with E-state index in [1.807, 2.05) is 11.4 Å². The summed E-state index contributed by atoms with van der Waals surface area (Å²) in [5, 5.41) is 11.2. The fraction of sp³-hybridized carbons (Fsp3) is 0. The van der Waals surface area contributed by atoms with Crippen LogP contribution >= 0.6 is 38.9 Å². The zero-order valence-corrected chi connectivity index (χ0v) is 10.5. The molecule has 15 heavy (non-hydrogen) atoms. The molecule has 0 spiro atoms. The molecule has 2 nitrogen and oxygen atoms in total. The molecule has 0 aliphatic heterocycles. The number of hydrogen-bond acceptors (Lipinski definition) is 3. The third-order valence-corrected chi connectivity index (χ3v) is 3.86. The van der Waals surface area contributed by atoms with Gasteiger partial charge >= 0.3 is 0 Å². The summed E-state index contributed by atoms with van der Waals surface area (Å²) in [5.74, 6) is 0. The van der Waals surface area contributed by atoms with Crippen LogP contribution in [0.4, 0.5) is 0 Å². The molecule has 0 fully saturated rings. The van der Waals surface area contributed by atoms with Crippen molar-refractivity contribution < 1.29 is 0 Å². The Morgan fingerprint density at radius 1 is 1.53 bits per heavy atom. The second-order valence-corrected chi connectivity index (χ2v) is 4.95. The first-order valence-electron chi connectivity index (χ1n) is 4.01. The monoisotopic (exact) mass is 298 g/mol. The predicted molar refractivity (Wildman–Crippen MR) is 65.0 cm³/mol. The molecule has 0 saturated carbocycles. The number of thiophene rings is 1. The maximum absolute atomic E-state index is 8.99. The summed E-state index contributed by atoms with van der Waals surface area (Å²) in [7, 11) is 0. The van der Waals surface area contributed by atoms with Crippen molar-refractivity contribution in [3.63, 3.8) is 0 Å². The average molecular weight is 300 g/mol. The van der Waals surface area contributed by atoms with Crippen molar-refractivity contribution in [2.24, 2.45) is 0 Å². The maximum Gasteiger partial charge on any atom is 0.147 e. The van der Waals surface area contributed by atoms with Gasteiger partial charge in [-0.15, -0.1) is 11.3 Å². The van der Waals surface area contributed by atoms with E-state index in [0.29, 0.717) is 5.56 Å². The van der Waals surface area contributed by atoms with Gasteiger partial charge in [0.1, 0.15) is 11.2 Å². The molecule has 5 heteroatoms. The molecule has 0 N–H and O–H groups in total. The van der Waals surface area contributed by atoms with Crippen LogP contribution in [0, 0.1) is 11.3 Å². The van der Waals surface area contributed by atoms with E-state index >= 15 is 0 Å². The van der Waals surface area contributed by atoms with Crippen molar-refractivity contribution in [2.75, 3.05) is 0 Å². The Morgan fingerprint density at radius 3 is 2.93 bits per heavy atom. The number of rotatable bonds is 1. The number of hydrogen-bond donors (Lipinski definition) is 0. The summed E-state index contributed by atoms with van der Waals surface area (Å²) in [4.78, 5) is 4.88. The maximum atomic E-state index is 8.99. The smallest absolute Gasteiger partial charge is 0.147 e. The number of halogens is 2. The van der Waals surface area contributed by atoms with Gasteiger partial charge < -0.3 is 0 Å². The molecule has 2 aromatic rings. The molecule has 0 radical (unpaired) electrons. The molecular weight excluding hydrogens is 296 g/mol. The lowest BCUT2D eigenvalue weighted by molar-refractivity contribution is 1.30. The Bertz CT molecular complexity index is 545. The van der Waals surface area contributed by atoms with Crippen LogP contribution < -0.4 is 0 Å². The van der Waals surface area contributed by atoms with E-state index in [0.717, 1.165) is 14.9 Å². The zero-order valence-electron chi connectivity index (χ0n) is 7.37. The molecular formula is C10H4BrClN2S. The van der Waals surface area contributed by atoms with E-state index in [9.17, 15) is 0 Å². The molecule has 0 unspecified atom stereocenters. The highest BCUT2D eigenvalue weighted by atomic mass is 79.9. The molecule has 0 atom stereocenters. The second-order valence-electron chi connectivity index (χ2n) is 2.77. The Morgan fingerprint density at radius 2 is 2.33 bits per heavy atom. The second kappa shape index (κ2) is 4.31. The fourth-order valence-corrected chi connectivity index (χ4v) is 2.86. The highest BCUT2D eigenvalue weighted by Gasteiger charge is 2.10. The van der Waals surface area contributed by atoms with Crippen molar-refractivity contribution >= 4 is 38.9 Å². The Hall–Kier alpha value is -0.890. The van der Waals surface area contributed by atoms with Gasteiger partial charge in [0.15, 0.2) is 0 Å². The molecule has 0 saturated heterocycles. The SMILES string of the molecule is N#Cc1c(-c2cc(Br)cs2)ccnc1Cl. The first-order chi connectivity index (χ1) is 7.22. The summed E-state index contributed by atoms with van der Waals surface area (Å²) >= 11 is 10.8. The molecule has 0 aromatic carbocycles. The summed E-state index contributed by atoms with van der Waals surface area (Å²) in [6.45, 7) is 0. The van der Waals surface area contributed by atoms with Crippen LogP contribution in [0.2, 0.25) is 5.15 Å². The van der Waals surface area contributed by atoms with Gasteiger partial charge in [-0.1, -0.05) is 11.6 Å². The van der Waals surface area contributed by atoms with Crippen LogP contribution in [0.5, 0.6) is 0 Å². The minimum atomic E-state index is 0.250. The van der Waals surface area contributed by atoms with Crippen LogP contribution in [0.3, 0.4) is 0 Å². The van der Waals surface area contributed by atoms with Gasteiger partial charge in [-0.25, -0.2) is 4.98 Å². The lowest BCUT2D eigenvalue weighted by atomic mass is 10.1.